The molecular weight excluding hydrogens is 442 g/mol. The minimum Gasteiger partial charge on any atom is -0.497 e. The molecule has 4 rings (SSSR count). The number of hydrogen-bond acceptors (Lipinski definition) is 5. The minimum atomic E-state index is -0.490. The SMILES string of the molecule is COc1ccc(-n2nc(C3CCN(C(=O)OC(C)(C)C)CC3)cc2-c2ccc(OC)c(C)c2)cc1. The normalized spacial score (nSPS) is 14.6. The van der Waals surface area contributed by atoms with Gasteiger partial charge < -0.3 is 19.1 Å². The van der Waals surface area contributed by atoms with Gasteiger partial charge in [0.1, 0.15) is 17.1 Å². The highest BCUT2D eigenvalue weighted by molar-refractivity contribution is 5.68. The Kier molecular flexibility index (Phi) is 7.05. The largest absolute Gasteiger partial charge is 0.497 e. The summed E-state index contributed by atoms with van der Waals surface area (Å²) in [4.78, 5) is 14.3. The van der Waals surface area contributed by atoms with Crippen LogP contribution in [0.1, 0.15) is 50.8 Å². The van der Waals surface area contributed by atoms with Crippen LogP contribution in [0.3, 0.4) is 0 Å². The van der Waals surface area contributed by atoms with E-state index in [1.54, 1.807) is 19.1 Å². The molecule has 2 heterocycles. The van der Waals surface area contributed by atoms with Gasteiger partial charge in [-0.25, -0.2) is 9.48 Å². The second-order valence-corrected chi connectivity index (χ2v) is 9.99. The average Bonchev–Trinajstić information content (AvgIpc) is 3.28. The molecule has 35 heavy (non-hydrogen) atoms. The van der Waals surface area contributed by atoms with E-state index in [-0.39, 0.29) is 12.0 Å². The van der Waals surface area contributed by atoms with Gasteiger partial charge in [0.25, 0.3) is 0 Å². The maximum absolute atomic E-state index is 12.5. The van der Waals surface area contributed by atoms with Crippen LogP contribution in [0, 0.1) is 6.92 Å². The van der Waals surface area contributed by atoms with Crippen LogP contribution in [0.2, 0.25) is 0 Å². The Morgan fingerprint density at radius 1 is 0.971 bits per heavy atom. The zero-order valence-corrected chi connectivity index (χ0v) is 21.5. The quantitative estimate of drug-likeness (QED) is 0.452. The minimum absolute atomic E-state index is 0.242. The highest BCUT2D eigenvalue weighted by Crippen LogP contribution is 2.34. The third-order valence-electron chi connectivity index (χ3n) is 6.30. The van der Waals surface area contributed by atoms with Crippen LogP contribution < -0.4 is 9.47 Å². The molecule has 0 atom stereocenters. The molecule has 3 aromatic rings. The number of nitrogens with zero attached hydrogens (tertiary/aromatic N) is 3. The van der Waals surface area contributed by atoms with E-state index in [9.17, 15) is 4.79 Å². The van der Waals surface area contributed by atoms with Gasteiger partial charge in [-0.3, -0.25) is 0 Å². The number of benzene rings is 2. The molecule has 1 amide bonds. The number of likely N-dealkylation sites (tertiary alicyclic amines) is 1. The van der Waals surface area contributed by atoms with Crippen molar-refractivity contribution in [3.63, 3.8) is 0 Å². The van der Waals surface area contributed by atoms with E-state index >= 15 is 0 Å². The molecule has 0 N–H and O–H groups in total. The second-order valence-electron chi connectivity index (χ2n) is 9.99. The van der Waals surface area contributed by atoms with Crippen molar-refractivity contribution in [1.82, 2.24) is 14.7 Å². The number of aromatic nitrogens is 2. The van der Waals surface area contributed by atoms with Crippen LogP contribution >= 0.6 is 0 Å². The van der Waals surface area contributed by atoms with Gasteiger partial charge in [0.05, 0.1) is 31.3 Å². The van der Waals surface area contributed by atoms with Crippen LogP contribution in [0.15, 0.2) is 48.5 Å². The summed E-state index contributed by atoms with van der Waals surface area (Å²) in [6.07, 6.45) is 1.45. The molecule has 7 nitrogen and oxygen atoms in total. The first-order chi connectivity index (χ1) is 16.7. The Morgan fingerprint density at radius 3 is 2.23 bits per heavy atom. The summed E-state index contributed by atoms with van der Waals surface area (Å²) in [5.74, 6) is 1.93. The molecule has 1 aliphatic heterocycles. The van der Waals surface area contributed by atoms with Crippen LogP contribution in [0.25, 0.3) is 16.9 Å². The van der Waals surface area contributed by atoms with Gasteiger partial charge in [-0.15, -0.1) is 0 Å². The molecule has 0 spiro atoms. The van der Waals surface area contributed by atoms with E-state index in [1.165, 1.54) is 0 Å². The number of aryl methyl sites for hydroxylation is 1. The number of rotatable bonds is 5. The van der Waals surface area contributed by atoms with Gasteiger partial charge in [-0.1, -0.05) is 0 Å². The maximum Gasteiger partial charge on any atom is 0.410 e. The molecule has 1 aromatic heterocycles. The van der Waals surface area contributed by atoms with Gasteiger partial charge in [-0.2, -0.15) is 5.10 Å². The lowest BCUT2D eigenvalue weighted by Crippen LogP contribution is -2.41. The Bertz CT molecular complexity index is 1170. The predicted molar refractivity (Wildman–Crippen MR) is 137 cm³/mol. The van der Waals surface area contributed by atoms with Gasteiger partial charge in [0.2, 0.25) is 0 Å². The Balaban J connectivity index is 1.63. The van der Waals surface area contributed by atoms with E-state index < -0.39 is 5.60 Å². The van der Waals surface area contributed by atoms with Gasteiger partial charge in [0, 0.05) is 24.6 Å². The van der Waals surface area contributed by atoms with Crippen molar-refractivity contribution < 1.29 is 19.0 Å². The maximum atomic E-state index is 12.5. The molecule has 1 aliphatic rings. The van der Waals surface area contributed by atoms with Crippen molar-refractivity contribution in [3.05, 3.63) is 59.8 Å². The predicted octanol–water partition coefficient (Wildman–Crippen LogP) is 5.98. The smallest absolute Gasteiger partial charge is 0.410 e. The first-order valence-corrected chi connectivity index (χ1v) is 12.1. The van der Waals surface area contributed by atoms with Crippen LogP contribution in [-0.2, 0) is 4.74 Å². The molecule has 0 aliphatic carbocycles. The lowest BCUT2D eigenvalue weighted by atomic mass is 9.93. The monoisotopic (exact) mass is 477 g/mol. The van der Waals surface area contributed by atoms with Crippen molar-refractivity contribution in [1.29, 1.82) is 0 Å². The van der Waals surface area contributed by atoms with Crippen molar-refractivity contribution >= 4 is 6.09 Å². The third kappa shape index (κ3) is 5.61. The second kappa shape index (κ2) is 10.0. The van der Waals surface area contributed by atoms with E-state index in [1.807, 2.05) is 62.7 Å². The van der Waals surface area contributed by atoms with Crippen LogP contribution in [0.4, 0.5) is 4.79 Å². The Morgan fingerprint density at radius 2 is 1.66 bits per heavy atom. The van der Waals surface area contributed by atoms with Crippen LogP contribution in [0.5, 0.6) is 11.5 Å². The third-order valence-corrected chi connectivity index (χ3v) is 6.30. The summed E-state index contributed by atoms with van der Waals surface area (Å²) in [6, 6.07) is 16.3. The number of ether oxygens (including phenoxy) is 3. The zero-order valence-electron chi connectivity index (χ0n) is 21.5. The van der Waals surface area contributed by atoms with E-state index in [2.05, 4.69) is 18.2 Å². The molecule has 186 valence electrons. The van der Waals surface area contributed by atoms with Gasteiger partial charge in [0.15, 0.2) is 0 Å². The molecule has 0 saturated carbocycles. The highest BCUT2D eigenvalue weighted by atomic mass is 16.6. The van der Waals surface area contributed by atoms with E-state index in [0.717, 1.165) is 52.5 Å². The number of methoxy groups -OCH3 is 2. The first-order valence-electron chi connectivity index (χ1n) is 12.1. The van der Waals surface area contributed by atoms with Crippen molar-refractivity contribution in [2.75, 3.05) is 27.3 Å². The average molecular weight is 478 g/mol. The molecule has 2 aromatic carbocycles. The number of carbonyl (C=O) groups is 1. The molecule has 0 unspecified atom stereocenters. The lowest BCUT2D eigenvalue weighted by molar-refractivity contribution is 0.0204. The van der Waals surface area contributed by atoms with Crippen molar-refractivity contribution in [2.45, 2.75) is 52.1 Å². The fourth-order valence-electron chi connectivity index (χ4n) is 4.45. The van der Waals surface area contributed by atoms with Gasteiger partial charge >= 0.3 is 6.09 Å². The topological polar surface area (TPSA) is 65.8 Å². The Labute approximate surface area is 207 Å². The number of amides is 1. The fraction of sp³-hybridized carbons (Fsp3) is 0.429. The summed E-state index contributed by atoms with van der Waals surface area (Å²) in [5, 5.41) is 5.05. The standard InChI is InChI=1S/C28H35N3O4/c1-19-17-21(7-12-26(19)34-6)25-18-24(29-31(25)22-8-10-23(33-5)11-9-22)20-13-15-30(16-14-20)27(32)35-28(2,3)4/h7-12,17-18,20H,13-16H2,1-6H3. The van der Waals surface area contributed by atoms with E-state index in [0.29, 0.717) is 13.1 Å². The number of piperidine rings is 1. The molecule has 0 radical (unpaired) electrons. The van der Waals surface area contributed by atoms with Crippen molar-refractivity contribution in [2.24, 2.45) is 0 Å². The fourth-order valence-corrected chi connectivity index (χ4v) is 4.45. The molecule has 0 bridgehead atoms. The summed E-state index contributed by atoms with van der Waals surface area (Å²) in [5.41, 5.74) is 4.67. The van der Waals surface area contributed by atoms with Crippen molar-refractivity contribution in [3.8, 4) is 28.4 Å². The molecule has 7 heteroatoms. The Hall–Kier alpha value is -3.48. The highest BCUT2D eigenvalue weighted by Gasteiger charge is 2.29. The summed E-state index contributed by atoms with van der Waals surface area (Å²) in [7, 11) is 3.35. The summed E-state index contributed by atoms with van der Waals surface area (Å²) in [6.45, 7) is 9.05. The number of hydrogen-bond donors (Lipinski definition) is 0. The first kappa shape index (κ1) is 24.6. The zero-order chi connectivity index (χ0) is 25.2. The molecule has 1 saturated heterocycles. The lowest BCUT2D eigenvalue weighted by Gasteiger charge is -2.32. The molecule has 1 fully saturated rings. The van der Waals surface area contributed by atoms with Crippen LogP contribution in [-0.4, -0.2) is 53.7 Å². The molecular formula is C28H35N3O4. The summed E-state index contributed by atoms with van der Waals surface area (Å²) >= 11 is 0. The van der Waals surface area contributed by atoms with Gasteiger partial charge in [-0.05, 0) is 94.6 Å². The van der Waals surface area contributed by atoms with E-state index in [4.69, 9.17) is 19.3 Å². The summed E-state index contributed by atoms with van der Waals surface area (Å²) < 4.78 is 18.3. The number of carbonyl (C=O) groups excluding carboxylic acids is 1.